The van der Waals surface area contributed by atoms with Gasteiger partial charge in [0.1, 0.15) is 11.5 Å². The molecule has 3 rings (SSSR count). The van der Waals surface area contributed by atoms with Crippen LogP contribution in [-0.4, -0.2) is 52.8 Å². The van der Waals surface area contributed by atoms with E-state index in [2.05, 4.69) is 10.1 Å². The summed E-state index contributed by atoms with van der Waals surface area (Å²) in [4.78, 5) is 21.0. The summed E-state index contributed by atoms with van der Waals surface area (Å²) in [6.07, 6.45) is 1.59. The van der Waals surface area contributed by atoms with Gasteiger partial charge in [0.15, 0.2) is 5.13 Å². The molecular formula is C16H18FN5OS. The molecule has 24 heavy (non-hydrogen) atoms. The van der Waals surface area contributed by atoms with E-state index in [0.717, 1.165) is 4.70 Å². The first kappa shape index (κ1) is 16.5. The standard InChI is InChI=1S/C16H18FN5OS/c1-20(2)8-9-22(15(23)13-6-7-18-21(13)3)16-19-12-5-4-11(17)10-14(12)24-16/h4-7,10H,8-9H2,1-3H3. The number of fused-ring (bicyclic) bond motifs is 1. The third-order valence-electron chi connectivity index (χ3n) is 3.63. The van der Waals surface area contributed by atoms with E-state index < -0.39 is 0 Å². The van der Waals surface area contributed by atoms with Gasteiger partial charge in [-0.15, -0.1) is 0 Å². The van der Waals surface area contributed by atoms with E-state index in [0.29, 0.717) is 29.4 Å². The normalized spacial score (nSPS) is 11.4. The maximum absolute atomic E-state index is 13.4. The molecule has 0 N–H and O–H groups in total. The summed E-state index contributed by atoms with van der Waals surface area (Å²) in [6, 6.07) is 6.12. The van der Waals surface area contributed by atoms with E-state index in [1.54, 1.807) is 30.3 Å². The maximum atomic E-state index is 13.4. The van der Waals surface area contributed by atoms with Gasteiger partial charge in [-0.2, -0.15) is 5.10 Å². The Balaban J connectivity index is 1.99. The molecule has 0 aliphatic heterocycles. The van der Waals surface area contributed by atoms with E-state index in [9.17, 15) is 9.18 Å². The number of halogens is 1. The molecule has 0 spiro atoms. The fourth-order valence-electron chi connectivity index (χ4n) is 2.31. The highest BCUT2D eigenvalue weighted by Crippen LogP contribution is 2.30. The summed E-state index contributed by atoms with van der Waals surface area (Å²) in [5.74, 6) is -0.480. The first-order chi connectivity index (χ1) is 11.5. The average Bonchev–Trinajstić information content (AvgIpc) is 3.12. The van der Waals surface area contributed by atoms with Gasteiger partial charge in [0.2, 0.25) is 0 Å². The van der Waals surface area contributed by atoms with Crippen LogP contribution in [0.5, 0.6) is 0 Å². The summed E-state index contributed by atoms with van der Waals surface area (Å²) >= 11 is 1.31. The first-order valence-electron chi connectivity index (χ1n) is 7.46. The number of hydrogen-bond acceptors (Lipinski definition) is 5. The molecule has 2 heterocycles. The number of hydrogen-bond donors (Lipinski definition) is 0. The molecular weight excluding hydrogens is 329 g/mol. The van der Waals surface area contributed by atoms with Crippen LogP contribution in [0.1, 0.15) is 10.5 Å². The highest BCUT2D eigenvalue weighted by atomic mass is 32.1. The molecule has 0 fully saturated rings. The van der Waals surface area contributed by atoms with Gasteiger partial charge in [0.05, 0.1) is 10.2 Å². The van der Waals surface area contributed by atoms with Gasteiger partial charge >= 0.3 is 0 Å². The van der Waals surface area contributed by atoms with Crippen LogP contribution in [0.3, 0.4) is 0 Å². The van der Waals surface area contributed by atoms with Gasteiger partial charge in [-0.3, -0.25) is 14.4 Å². The third kappa shape index (κ3) is 3.29. The lowest BCUT2D eigenvalue weighted by Gasteiger charge is -2.21. The highest BCUT2D eigenvalue weighted by molar-refractivity contribution is 7.22. The molecule has 6 nitrogen and oxygen atoms in total. The fraction of sp³-hybridized carbons (Fsp3) is 0.312. The summed E-state index contributed by atoms with van der Waals surface area (Å²) in [5.41, 5.74) is 1.17. The summed E-state index contributed by atoms with van der Waals surface area (Å²) in [7, 11) is 5.62. The highest BCUT2D eigenvalue weighted by Gasteiger charge is 2.23. The third-order valence-corrected chi connectivity index (χ3v) is 4.67. The number of rotatable bonds is 5. The number of carbonyl (C=O) groups is 1. The molecule has 0 saturated heterocycles. The molecule has 2 aromatic heterocycles. The van der Waals surface area contributed by atoms with Crippen LogP contribution in [0.25, 0.3) is 10.2 Å². The predicted molar refractivity (Wildman–Crippen MR) is 93.0 cm³/mol. The van der Waals surface area contributed by atoms with Crippen molar-refractivity contribution in [1.82, 2.24) is 19.7 Å². The van der Waals surface area contributed by atoms with Crippen molar-refractivity contribution in [3.63, 3.8) is 0 Å². The minimum atomic E-state index is -0.310. The van der Waals surface area contributed by atoms with Gasteiger partial charge in [0, 0.05) is 26.3 Å². The van der Waals surface area contributed by atoms with Crippen LogP contribution in [0, 0.1) is 5.82 Å². The summed E-state index contributed by atoms with van der Waals surface area (Å²) < 4.78 is 15.7. The second-order valence-electron chi connectivity index (χ2n) is 5.71. The minimum Gasteiger partial charge on any atom is -0.308 e. The Kier molecular flexibility index (Phi) is 4.59. The monoisotopic (exact) mass is 347 g/mol. The van der Waals surface area contributed by atoms with Crippen molar-refractivity contribution in [2.75, 3.05) is 32.1 Å². The number of likely N-dealkylation sites (N-methyl/N-ethyl adjacent to an activating group) is 1. The zero-order valence-corrected chi connectivity index (χ0v) is 14.5. The van der Waals surface area contributed by atoms with E-state index in [-0.39, 0.29) is 11.7 Å². The molecule has 1 amide bonds. The van der Waals surface area contributed by atoms with E-state index in [1.807, 2.05) is 19.0 Å². The van der Waals surface area contributed by atoms with Crippen LogP contribution >= 0.6 is 11.3 Å². The topological polar surface area (TPSA) is 54.3 Å². The lowest BCUT2D eigenvalue weighted by molar-refractivity contribution is 0.0976. The largest absolute Gasteiger partial charge is 0.308 e. The zero-order chi connectivity index (χ0) is 17.3. The molecule has 0 bridgehead atoms. The van der Waals surface area contributed by atoms with Crippen molar-refractivity contribution in [3.8, 4) is 0 Å². The Labute approximate surface area is 143 Å². The molecule has 0 saturated carbocycles. The van der Waals surface area contributed by atoms with Crippen molar-refractivity contribution in [3.05, 3.63) is 42.0 Å². The van der Waals surface area contributed by atoms with Crippen molar-refractivity contribution < 1.29 is 9.18 Å². The molecule has 8 heteroatoms. The number of benzene rings is 1. The lowest BCUT2D eigenvalue weighted by Crippen LogP contribution is -2.37. The van der Waals surface area contributed by atoms with Gasteiger partial charge in [-0.25, -0.2) is 9.37 Å². The predicted octanol–water partition coefficient (Wildman–Crippen LogP) is 2.38. The number of nitrogens with zero attached hydrogens (tertiary/aromatic N) is 5. The number of aryl methyl sites for hydroxylation is 1. The molecule has 0 radical (unpaired) electrons. The fourth-order valence-corrected chi connectivity index (χ4v) is 3.32. The SMILES string of the molecule is CN(C)CCN(C(=O)c1ccnn1C)c1nc2ccc(F)cc2s1. The second-order valence-corrected chi connectivity index (χ2v) is 6.72. The van der Waals surface area contributed by atoms with E-state index in [4.69, 9.17) is 0 Å². The van der Waals surface area contributed by atoms with Crippen LogP contribution in [-0.2, 0) is 7.05 Å². The van der Waals surface area contributed by atoms with Gasteiger partial charge < -0.3 is 4.90 Å². The number of anilines is 1. The van der Waals surface area contributed by atoms with Gasteiger partial charge in [-0.05, 0) is 38.4 Å². The van der Waals surface area contributed by atoms with Gasteiger partial charge in [0.25, 0.3) is 5.91 Å². The van der Waals surface area contributed by atoms with Crippen LogP contribution in [0.4, 0.5) is 9.52 Å². The molecule has 0 atom stereocenters. The molecule has 1 aromatic carbocycles. The molecule has 0 unspecified atom stereocenters. The first-order valence-corrected chi connectivity index (χ1v) is 8.28. The number of amides is 1. The Hall–Kier alpha value is -2.32. The Morgan fingerprint density at radius 3 is 2.75 bits per heavy atom. The van der Waals surface area contributed by atoms with Crippen LogP contribution in [0.15, 0.2) is 30.5 Å². The molecule has 0 aliphatic rings. The average molecular weight is 347 g/mol. The Morgan fingerprint density at radius 1 is 1.29 bits per heavy atom. The smallest absolute Gasteiger partial charge is 0.278 e. The van der Waals surface area contributed by atoms with Crippen LogP contribution in [0.2, 0.25) is 0 Å². The summed E-state index contributed by atoms with van der Waals surface area (Å²) in [6.45, 7) is 1.17. The molecule has 0 aliphatic carbocycles. The van der Waals surface area contributed by atoms with Crippen molar-refractivity contribution >= 4 is 32.6 Å². The number of thiazole rings is 1. The van der Waals surface area contributed by atoms with Crippen molar-refractivity contribution in [2.45, 2.75) is 0 Å². The van der Waals surface area contributed by atoms with Crippen LogP contribution < -0.4 is 4.90 Å². The Morgan fingerprint density at radius 2 is 2.08 bits per heavy atom. The second kappa shape index (κ2) is 6.66. The molecule has 126 valence electrons. The maximum Gasteiger partial charge on any atom is 0.278 e. The number of aromatic nitrogens is 3. The van der Waals surface area contributed by atoms with E-state index in [1.165, 1.54) is 28.2 Å². The Bertz CT molecular complexity index is 872. The zero-order valence-electron chi connectivity index (χ0n) is 13.7. The van der Waals surface area contributed by atoms with Gasteiger partial charge in [-0.1, -0.05) is 11.3 Å². The lowest BCUT2D eigenvalue weighted by atomic mass is 10.3. The van der Waals surface area contributed by atoms with E-state index >= 15 is 0 Å². The summed E-state index contributed by atoms with van der Waals surface area (Å²) in [5, 5.41) is 4.61. The van der Waals surface area contributed by atoms with Crippen molar-refractivity contribution in [2.24, 2.45) is 7.05 Å². The quantitative estimate of drug-likeness (QED) is 0.711. The minimum absolute atomic E-state index is 0.170. The molecule has 3 aromatic rings. The number of carbonyl (C=O) groups excluding carboxylic acids is 1. The van der Waals surface area contributed by atoms with Crippen molar-refractivity contribution in [1.29, 1.82) is 0 Å².